The third-order valence-electron chi connectivity index (χ3n) is 11.0. The number of piperidine rings is 2. The standard InChI is InChI=1S/C27H37N3O2/c31-21-4-3-18-15-22-26-8-5-20(30(14-9-26)19-6-11-28-12-7-19)25-27(26,23(18)24(21)32-25)10-13-29(22)16-17-1-2-17/h3-4,17,19-20,22,25,28,31H,1-2,5-16H2/t20-,22-,25+,26-,27+/m1/s1. The van der Waals surface area contributed by atoms with Crippen LogP contribution in [0.4, 0.5) is 0 Å². The van der Waals surface area contributed by atoms with E-state index in [0.717, 1.165) is 31.2 Å². The molecule has 1 aromatic rings. The van der Waals surface area contributed by atoms with Gasteiger partial charge in [-0.25, -0.2) is 0 Å². The molecule has 5 heteroatoms. The summed E-state index contributed by atoms with van der Waals surface area (Å²) in [6.07, 6.45) is 11.9. The first kappa shape index (κ1) is 19.1. The Labute approximate surface area is 191 Å². The van der Waals surface area contributed by atoms with E-state index < -0.39 is 0 Å². The maximum absolute atomic E-state index is 10.9. The van der Waals surface area contributed by atoms with Crippen LogP contribution in [0.1, 0.15) is 62.5 Å². The van der Waals surface area contributed by atoms with Crippen LogP contribution in [0.3, 0.4) is 0 Å². The van der Waals surface area contributed by atoms with Crippen LogP contribution in [0.25, 0.3) is 0 Å². The predicted molar refractivity (Wildman–Crippen MR) is 123 cm³/mol. The molecule has 2 saturated carbocycles. The molecule has 9 rings (SSSR count). The zero-order chi connectivity index (χ0) is 21.1. The van der Waals surface area contributed by atoms with E-state index >= 15 is 0 Å². The van der Waals surface area contributed by atoms with Crippen molar-refractivity contribution in [3.8, 4) is 11.5 Å². The van der Waals surface area contributed by atoms with E-state index in [1.807, 2.05) is 6.07 Å². The zero-order valence-electron chi connectivity index (χ0n) is 19.2. The van der Waals surface area contributed by atoms with Crippen LogP contribution >= 0.6 is 0 Å². The van der Waals surface area contributed by atoms with Crippen molar-refractivity contribution >= 4 is 0 Å². The van der Waals surface area contributed by atoms with Gasteiger partial charge in [0.05, 0.1) is 0 Å². The maximum Gasteiger partial charge on any atom is 0.165 e. The van der Waals surface area contributed by atoms with E-state index in [9.17, 15) is 5.11 Å². The van der Waals surface area contributed by atoms with Gasteiger partial charge in [-0.15, -0.1) is 0 Å². The second-order valence-corrected chi connectivity index (χ2v) is 12.1. The van der Waals surface area contributed by atoms with Gasteiger partial charge < -0.3 is 15.2 Å². The minimum atomic E-state index is 0.115. The second-order valence-electron chi connectivity index (χ2n) is 12.1. The highest BCUT2D eigenvalue weighted by Gasteiger charge is 2.74. The molecule has 1 aromatic carbocycles. The molecule has 2 spiro atoms. The van der Waals surface area contributed by atoms with Crippen molar-refractivity contribution < 1.29 is 9.84 Å². The molecule has 32 heavy (non-hydrogen) atoms. The Kier molecular flexibility index (Phi) is 3.83. The topological polar surface area (TPSA) is 48.0 Å². The summed E-state index contributed by atoms with van der Waals surface area (Å²) >= 11 is 0. The van der Waals surface area contributed by atoms with Crippen LogP contribution in [0.15, 0.2) is 12.1 Å². The average Bonchev–Trinajstić information content (AvgIpc) is 3.60. The SMILES string of the molecule is Oc1ccc2c3c1O[C@H]1[C@H]4CC[C@@]5(CCN4C4CCNCC4)[C@@H](C2)N(CC2CC2)CC[C@]315. The van der Waals surface area contributed by atoms with Gasteiger partial charge in [0, 0.05) is 41.1 Å². The van der Waals surface area contributed by atoms with Gasteiger partial charge in [-0.2, -0.15) is 0 Å². The highest BCUT2D eigenvalue weighted by Crippen LogP contribution is 2.71. The number of nitrogens with one attached hydrogen (secondary N) is 1. The minimum absolute atomic E-state index is 0.115. The Hall–Kier alpha value is -1.30. The number of hydrogen-bond donors (Lipinski definition) is 2. The molecular formula is C27H37N3O2. The lowest BCUT2D eigenvalue weighted by atomic mass is 9.42. The lowest BCUT2D eigenvalue weighted by Gasteiger charge is -2.66. The highest BCUT2D eigenvalue weighted by atomic mass is 16.5. The Morgan fingerprint density at radius 2 is 1.91 bits per heavy atom. The summed E-state index contributed by atoms with van der Waals surface area (Å²) in [5.74, 6) is 2.19. The van der Waals surface area contributed by atoms with Gasteiger partial charge in [0.2, 0.25) is 0 Å². The van der Waals surface area contributed by atoms with Crippen molar-refractivity contribution in [2.75, 3.05) is 32.7 Å². The fourth-order valence-electron chi connectivity index (χ4n) is 9.61. The first-order valence-electron chi connectivity index (χ1n) is 13.4. The third-order valence-corrected chi connectivity index (χ3v) is 11.0. The molecule has 4 saturated heterocycles. The molecule has 0 unspecified atom stereocenters. The predicted octanol–water partition coefficient (Wildman–Crippen LogP) is 3.04. The maximum atomic E-state index is 10.9. The lowest BCUT2D eigenvalue weighted by Crippen LogP contribution is -2.73. The number of phenolic OH excluding ortho intramolecular Hbond substituents is 1. The summed E-state index contributed by atoms with van der Waals surface area (Å²) in [5, 5.41) is 14.5. The summed E-state index contributed by atoms with van der Waals surface area (Å²) in [6, 6.07) is 6.00. The Bertz CT molecular complexity index is 956. The number of aromatic hydroxyl groups is 1. The Balaban J connectivity index is 1.30. The van der Waals surface area contributed by atoms with E-state index in [1.54, 1.807) is 0 Å². The molecule has 5 nitrogen and oxygen atoms in total. The fraction of sp³-hybridized carbons (Fsp3) is 0.778. The molecular weight excluding hydrogens is 398 g/mol. The quantitative estimate of drug-likeness (QED) is 0.764. The van der Waals surface area contributed by atoms with E-state index in [-0.39, 0.29) is 11.5 Å². The van der Waals surface area contributed by atoms with Gasteiger partial charge in [0.1, 0.15) is 6.10 Å². The largest absolute Gasteiger partial charge is 0.504 e. The summed E-state index contributed by atoms with van der Waals surface area (Å²) < 4.78 is 6.94. The fourth-order valence-corrected chi connectivity index (χ4v) is 9.61. The van der Waals surface area contributed by atoms with Crippen LogP contribution in [0, 0.1) is 11.3 Å². The highest BCUT2D eigenvalue weighted by molar-refractivity contribution is 5.62. The first-order valence-corrected chi connectivity index (χ1v) is 13.4. The number of benzene rings is 1. The number of phenols is 1. The molecule has 5 atom stereocenters. The van der Waals surface area contributed by atoms with E-state index in [4.69, 9.17) is 4.74 Å². The van der Waals surface area contributed by atoms with Gasteiger partial charge in [-0.3, -0.25) is 9.80 Å². The number of nitrogens with zero attached hydrogens (tertiary/aromatic N) is 2. The number of likely N-dealkylation sites (tertiary alicyclic amines) is 1. The molecule has 0 amide bonds. The number of fused-ring (bicyclic) bond motifs is 3. The van der Waals surface area contributed by atoms with Gasteiger partial charge in [0.15, 0.2) is 11.5 Å². The summed E-state index contributed by atoms with van der Waals surface area (Å²) in [6.45, 7) is 6.08. The van der Waals surface area contributed by atoms with Crippen LogP contribution in [0.5, 0.6) is 11.5 Å². The van der Waals surface area contributed by atoms with Crippen molar-refractivity contribution in [2.45, 2.75) is 87.4 Å². The van der Waals surface area contributed by atoms with Crippen molar-refractivity contribution in [1.29, 1.82) is 0 Å². The molecule has 6 fully saturated rings. The van der Waals surface area contributed by atoms with Crippen molar-refractivity contribution in [1.82, 2.24) is 15.1 Å². The van der Waals surface area contributed by atoms with Crippen LogP contribution in [-0.2, 0) is 11.8 Å². The molecule has 2 N–H and O–H groups in total. The molecule has 172 valence electrons. The van der Waals surface area contributed by atoms with Gasteiger partial charge in [-0.05, 0) is 102 Å². The monoisotopic (exact) mass is 435 g/mol. The second kappa shape index (κ2) is 6.43. The normalized spacial score (nSPS) is 43.1. The molecule has 0 radical (unpaired) electrons. The number of rotatable bonds is 3. The zero-order valence-corrected chi connectivity index (χ0v) is 19.2. The molecule has 4 bridgehead atoms. The van der Waals surface area contributed by atoms with E-state index in [2.05, 4.69) is 21.2 Å². The molecule has 5 heterocycles. The van der Waals surface area contributed by atoms with Gasteiger partial charge >= 0.3 is 0 Å². The number of ether oxygens (including phenoxy) is 1. The molecule has 3 aliphatic carbocycles. The molecule has 0 aromatic heterocycles. The summed E-state index contributed by atoms with van der Waals surface area (Å²) in [7, 11) is 0. The lowest BCUT2D eigenvalue weighted by molar-refractivity contribution is -0.132. The molecule has 5 aliphatic heterocycles. The number of hydrogen-bond acceptors (Lipinski definition) is 5. The van der Waals surface area contributed by atoms with Crippen LogP contribution in [-0.4, -0.2) is 71.9 Å². The Morgan fingerprint density at radius 1 is 1.03 bits per heavy atom. The minimum Gasteiger partial charge on any atom is -0.504 e. The average molecular weight is 436 g/mol. The van der Waals surface area contributed by atoms with Gasteiger partial charge in [-0.1, -0.05) is 6.07 Å². The smallest absolute Gasteiger partial charge is 0.165 e. The van der Waals surface area contributed by atoms with Crippen LogP contribution < -0.4 is 10.1 Å². The molecule has 8 aliphatic rings. The summed E-state index contributed by atoms with van der Waals surface area (Å²) in [4.78, 5) is 5.82. The summed E-state index contributed by atoms with van der Waals surface area (Å²) in [5.41, 5.74) is 3.36. The van der Waals surface area contributed by atoms with Gasteiger partial charge in [0.25, 0.3) is 0 Å². The van der Waals surface area contributed by atoms with Crippen LogP contribution in [0.2, 0.25) is 0 Å². The van der Waals surface area contributed by atoms with E-state index in [0.29, 0.717) is 29.3 Å². The Morgan fingerprint density at radius 3 is 2.75 bits per heavy atom. The van der Waals surface area contributed by atoms with Crippen molar-refractivity contribution in [2.24, 2.45) is 11.3 Å². The third kappa shape index (κ3) is 2.22. The van der Waals surface area contributed by atoms with Crippen molar-refractivity contribution in [3.63, 3.8) is 0 Å². The van der Waals surface area contributed by atoms with E-state index in [1.165, 1.54) is 82.1 Å². The van der Waals surface area contributed by atoms with Crippen molar-refractivity contribution in [3.05, 3.63) is 23.3 Å². The first-order chi connectivity index (χ1) is 15.7.